The van der Waals surface area contributed by atoms with Gasteiger partial charge in [0.2, 0.25) is 0 Å². The zero-order chi connectivity index (χ0) is 12.4. The Morgan fingerprint density at radius 2 is 1.82 bits per heavy atom. The number of carbonyl (C=O) groups excluding carboxylic acids is 1. The summed E-state index contributed by atoms with van der Waals surface area (Å²) in [4.78, 5) is 14.2. The predicted molar refractivity (Wildman–Crippen MR) is 67.6 cm³/mol. The SMILES string of the molecule is COc1ccc(C(=O)N2CCCC2)c(C)c1C. The van der Waals surface area contributed by atoms with Crippen LogP contribution in [0.25, 0.3) is 0 Å². The van der Waals surface area contributed by atoms with Gasteiger partial charge in [0.1, 0.15) is 5.75 Å². The Kier molecular flexibility index (Phi) is 3.36. The van der Waals surface area contributed by atoms with Crippen LogP contribution >= 0.6 is 0 Å². The van der Waals surface area contributed by atoms with E-state index in [4.69, 9.17) is 4.74 Å². The van der Waals surface area contributed by atoms with E-state index < -0.39 is 0 Å². The molecule has 0 bridgehead atoms. The molecule has 1 aromatic carbocycles. The number of methoxy groups -OCH3 is 1. The molecule has 0 spiro atoms. The molecule has 1 fully saturated rings. The van der Waals surface area contributed by atoms with Crippen molar-refractivity contribution in [3.8, 4) is 5.75 Å². The molecular formula is C14H19NO2. The number of nitrogens with zero attached hydrogens (tertiary/aromatic N) is 1. The third kappa shape index (κ3) is 2.14. The summed E-state index contributed by atoms with van der Waals surface area (Å²) in [6.45, 7) is 5.77. The first-order valence-corrected chi connectivity index (χ1v) is 6.08. The van der Waals surface area contributed by atoms with Crippen LogP contribution in [0.5, 0.6) is 5.75 Å². The first-order chi connectivity index (χ1) is 8.15. The van der Waals surface area contributed by atoms with Gasteiger partial charge in [-0.15, -0.1) is 0 Å². The molecular weight excluding hydrogens is 214 g/mol. The summed E-state index contributed by atoms with van der Waals surface area (Å²) >= 11 is 0. The number of hydrogen-bond donors (Lipinski definition) is 0. The maximum Gasteiger partial charge on any atom is 0.254 e. The van der Waals surface area contributed by atoms with Gasteiger partial charge in [0.15, 0.2) is 0 Å². The third-order valence-corrected chi connectivity index (χ3v) is 3.58. The maximum absolute atomic E-state index is 12.3. The Morgan fingerprint density at radius 3 is 2.41 bits per heavy atom. The number of ether oxygens (including phenoxy) is 1. The molecule has 1 aromatic rings. The molecule has 0 radical (unpaired) electrons. The van der Waals surface area contributed by atoms with Crippen LogP contribution in [0.15, 0.2) is 12.1 Å². The lowest BCUT2D eigenvalue weighted by atomic mass is 10.0. The smallest absolute Gasteiger partial charge is 0.254 e. The lowest BCUT2D eigenvalue weighted by molar-refractivity contribution is 0.0792. The van der Waals surface area contributed by atoms with Gasteiger partial charge in [-0.05, 0) is 49.9 Å². The Labute approximate surface area is 102 Å². The molecule has 0 saturated carbocycles. The summed E-state index contributed by atoms with van der Waals surface area (Å²) in [6, 6.07) is 3.76. The average Bonchev–Trinajstić information content (AvgIpc) is 2.85. The Hall–Kier alpha value is -1.51. The van der Waals surface area contributed by atoms with Crippen LogP contribution in [0.2, 0.25) is 0 Å². The van der Waals surface area contributed by atoms with Crippen molar-refractivity contribution >= 4 is 5.91 Å². The monoisotopic (exact) mass is 233 g/mol. The second-order valence-electron chi connectivity index (χ2n) is 4.56. The summed E-state index contributed by atoms with van der Waals surface area (Å²) in [7, 11) is 1.66. The number of rotatable bonds is 2. The predicted octanol–water partition coefficient (Wildman–Crippen LogP) is 2.55. The number of hydrogen-bond acceptors (Lipinski definition) is 2. The van der Waals surface area contributed by atoms with Crippen LogP contribution in [-0.2, 0) is 0 Å². The normalized spacial score (nSPS) is 15.1. The molecule has 92 valence electrons. The van der Waals surface area contributed by atoms with Crippen LogP contribution < -0.4 is 4.74 Å². The molecule has 1 aliphatic rings. The number of likely N-dealkylation sites (tertiary alicyclic amines) is 1. The fraction of sp³-hybridized carbons (Fsp3) is 0.500. The molecule has 0 aromatic heterocycles. The molecule has 17 heavy (non-hydrogen) atoms. The van der Waals surface area contributed by atoms with Crippen molar-refractivity contribution in [2.75, 3.05) is 20.2 Å². The number of carbonyl (C=O) groups is 1. The standard InChI is InChI=1S/C14H19NO2/c1-10-11(2)13(17-3)7-6-12(10)14(16)15-8-4-5-9-15/h6-7H,4-5,8-9H2,1-3H3. The van der Waals surface area contributed by atoms with E-state index in [9.17, 15) is 4.79 Å². The Morgan fingerprint density at radius 1 is 1.18 bits per heavy atom. The van der Waals surface area contributed by atoms with E-state index in [1.165, 1.54) is 0 Å². The third-order valence-electron chi connectivity index (χ3n) is 3.58. The van der Waals surface area contributed by atoms with Crippen molar-refractivity contribution in [1.82, 2.24) is 4.90 Å². The first-order valence-electron chi connectivity index (χ1n) is 6.08. The molecule has 1 heterocycles. The van der Waals surface area contributed by atoms with Crippen molar-refractivity contribution < 1.29 is 9.53 Å². The molecule has 3 nitrogen and oxygen atoms in total. The topological polar surface area (TPSA) is 29.5 Å². The van der Waals surface area contributed by atoms with Gasteiger partial charge in [-0.25, -0.2) is 0 Å². The van der Waals surface area contributed by atoms with Crippen LogP contribution in [0, 0.1) is 13.8 Å². The largest absolute Gasteiger partial charge is 0.496 e. The van der Waals surface area contributed by atoms with Gasteiger partial charge < -0.3 is 9.64 Å². The highest BCUT2D eigenvalue weighted by Crippen LogP contribution is 2.25. The summed E-state index contributed by atoms with van der Waals surface area (Å²) in [5.41, 5.74) is 2.89. The molecule has 2 rings (SSSR count). The van der Waals surface area contributed by atoms with E-state index in [1.807, 2.05) is 30.9 Å². The zero-order valence-electron chi connectivity index (χ0n) is 10.7. The van der Waals surface area contributed by atoms with Crippen molar-refractivity contribution in [1.29, 1.82) is 0 Å². The zero-order valence-corrected chi connectivity index (χ0v) is 10.7. The van der Waals surface area contributed by atoms with Crippen LogP contribution in [-0.4, -0.2) is 31.0 Å². The Balaban J connectivity index is 2.32. The average molecular weight is 233 g/mol. The van der Waals surface area contributed by atoms with Crippen LogP contribution in [0.3, 0.4) is 0 Å². The first kappa shape index (κ1) is 12.0. The summed E-state index contributed by atoms with van der Waals surface area (Å²) in [5, 5.41) is 0. The molecule has 0 unspecified atom stereocenters. The second-order valence-corrected chi connectivity index (χ2v) is 4.56. The minimum Gasteiger partial charge on any atom is -0.496 e. The highest BCUT2D eigenvalue weighted by Gasteiger charge is 2.21. The van der Waals surface area contributed by atoms with Crippen molar-refractivity contribution in [3.63, 3.8) is 0 Å². The summed E-state index contributed by atoms with van der Waals surface area (Å²) in [5.74, 6) is 1.01. The minimum atomic E-state index is 0.158. The van der Waals surface area contributed by atoms with Crippen LogP contribution in [0.4, 0.5) is 0 Å². The van der Waals surface area contributed by atoms with Crippen molar-refractivity contribution in [2.45, 2.75) is 26.7 Å². The van der Waals surface area contributed by atoms with Crippen LogP contribution in [0.1, 0.15) is 34.3 Å². The van der Waals surface area contributed by atoms with E-state index in [2.05, 4.69) is 0 Å². The van der Waals surface area contributed by atoms with E-state index in [0.717, 1.165) is 48.4 Å². The summed E-state index contributed by atoms with van der Waals surface area (Å²) < 4.78 is 5.26. The maximum atomic E-state index is 12.3. The minimum absolute atomic E-state index is 0.158. The van der Waals surface area contributed by atoms with E-state index in [0.29, 0.717) is 0 Å². The molecule has 0 N–H and O–H groups in total. The van der Waals surface area contributed by atoms with Gasteiger partial charge in [0, 0.05) is 18.7 Å². The van der Waals surface area contributed by atoms with E-state index in [-0.39, 0.29) is 5.91 Å². The fourth-order valence-electron chi connectivity index (χ4n) is 2.34. The molecule has 1 aliphatic heterocycles. The lowest BCUT2D eigenvalue weighted by Gasteiger charge is -2.18. The highest BCUT2D eigenvalue weighted by molar-refractivity contribution is 5.96. The van der Waals surface area contributed by atoms with Gasteiger partial charge in [0.05, 0.1) is 7.11 Å². The molecule has 0 atom stereocenters. The van der Waals surface area contributed by atoms with Crippen molar-refractivity contribution in [3.05, 3.63) is 28.8 Å². The lowest BCUT2D eigenvalue weighted by Crippen LogP contribution is -2.28. The van der Waals surface area contributed by atoms with E-state index in [1.54, 1.807) is 7.11 Å². The number of benzene rings is 1. The van der Waals surface area contributed by atoms with Gasteiger partial charge >= 0.3 is 0 Å². The quantitative estimate of drug-likeness (QED) is 0.785. The number of amides is 1. The molecule has 1 amide bonds. The van der Waals surface area contributed by atoms with Gasteiger partial charge in [0.25, 0.3) is 5.91 Å². The van der Waals surface area contributed by atoms with Gasteiger partial charge in [-0.3, -0.25) is 4.79 Å². The van der Waals surface area contributed by atoms with E-state index >= 15 is 0 Å². The van der Waals surface area contributed by atoms with Crippen molar-refractivity contribution in [2.24, 2.45) is 0 Å². The Bertz CT molecular complexity index is 434. The van der Waals surface area contributed by atoms with Gasteiger partial charge in [-0.2, -0.15) is 0 Å². The second kappa shape index (κ2) is 4.78. The fourth-order valence-corrected chi connectivity index (χ4v) is 2.34. The molecule has 3 heteroatoms. The highest BCUT2D eigenvalue weighted by atomic mass is 16.5. The summed E-state index contributed by atoms with van der Waals surface area (Å²) in [6.07, 6.45) is 2.25. The molecule has 1 saturated heterocycles. The van der Waals surface area contributed by atoms with Gasteiger partial charge in [-0.1, -0.05) is 0 Å². The molecule has 0 aliphatic carbocycles.